The van der Waals surface area contributed by atoms with Gasteiger partial charge in [-0.2, -0.15) is 0 Å². The van der Waals surface area contributed by atoms with Crippen LogP contribution in [0.3, 0.4) is 0 Å². The molecule has 0 aromatic rings. The molecule has 372 valence electrons. The summed E-state index contributed by atoms with van der Waals surface area (Å²) in [6.07, 6.45) is 21.6. The van der Waals surface area contributed by atoms with Gasteiger partial charge in [0.2, 0.25) is 0 Å². The van der Waals surface area contributed by atoms with E-state index in [4.69, 9.17) is 28.3 Å². The van der Waals surface area contributed by atoms with Crippen molar-refractivity contribution in [1.29, 1.82) is 0 Å². The molecule has 1 aliphatic rings. The predicted octanol–water partition coefficient (Wildman–Crippen LogP) is 7.48. The number of unbranched alkanes of at least 4 members (excludes halogenated alkanes) is 13. The molecule has 0 saturated heterocycles. The maximum absolute atomic E-state index is 13.0. The molecule has 64 heavy (non-hydrogen) atoms. The number of esters is 2. The van der Waals surface area contributed by atoms with Crippen LogP contribution >= 0.6 is 15.6 Å². The van der Waals surface area contributed by atoms with E-state index in [0.717, 1.165) is 57.8 Å². The molecule has 0 amide bonds. The highest BCUT2D eigenvalue weighted by molar-refractivity contribution is 7.47. The van der Waals surface area contributed by atoms with Crippen molar-refractivity contribution in [2.75, 3.05) is 13.2 Å². The molecule has 8 N–H and O–H groups in total. The Labute approximate surface area is 380 Å². The summed E-state index contributed by atoms with van der Waals surface area (Å²) in [5.41, 5.74) is 0. The Hall–Kier alpha value is -2.08. The second-order valence-corrected chi connectivity index (χ2v) is 18.9. The van der Waals surface area contributed by atoms with Crippen molar-refractivity contribution in [2.45, 2.75) is 210 Å². The molecule has 19 heteroatoms. The van der Waals surface area contributed by atoms with Crippen LogP contribution in [-0.2, 0) is 41.8 Å². The molecular formula is C45H80O17P2. The zero-order chi connectivity index (χ0) is 47.6. The molecule has 0 radical (unpaired) electrons. The van der Waals surface area contributed by atoms with E-state index in [2.05, 4.69) is 41.8 Å². The van der Waals surface area contributed by atoms with Gasteiger partial charge in [-0.3, -0.25) is 23.2 Å². The second kappa shape index (κ2) is 36.0. The van der Waals surface area contributed by atoms with Crippen molar-refractivity contribution in [1.82, 2.24) is 0 Å². The summed E-state index contributed by atoms with van der Waals surface area (Å²) >= 11 is 0. The van der Waals surface area contributed by atoms with E-state index >= 15 is 0 Å². The SMILES string of the molecule is CCCCCCCCCCCCCCCC(=O)OC[C@H](COP(=O)(O)O[C@H]1C(O)C(O)C(O)[C@@H](OP(=O)(O)O)C1O)OC(=O)CCC/C=C\C/C=C\C/C=C\C/C=C\CC[C@H](O)CC. The molecule has 0 spiro atoms. The third kappa shape index (κ3) is 30.3. The van der Waals surface area contributed by atoms with Crippen molar-refractivity contribution in [3.8, 4) is 0 Å². The van der Waals surface area contributed by atoms with Crippen LogP contribution in [0.25, 0.3) is 0 Å². The molecule has 1 fully saturated rings. The van der Waals surface area contributed by atoms with E-state index in [1.54, 1.807) is 0 Å². The summed E-state index contributed by atoms with van der Waals surface area (Å²) in [4.78, 5) is 54.2. The van der Waals surface area contributed by atoms with E-state index in [1.807, 2.05) is 25.2 Å². The van der Waals surface area contributed by atoms with Gasteiger partial charge in [-0.05, 0) is 57.8 Å². The molecule has 17 nitrogen and oxygen atoms in total. The molecule has 0 aromatic carbocycles. The molecule has 5 unspecified atom stereocenters. The standard InChI is InChI=1S/C45H80O17P2/c1-3-5-6-7-8-9-10-13-17-20-23-26-29-32-38(47)58-34-37(35-59-64(56,57)62-45-42(51)40(49)41(50)44(43(45)52)61-63(53,54)55)60-39(48)33-30-27-24-21-18-15-12-11-14-16-19-22-25-28-31-36(46)4-2/h12,14-16,21-22,24-25,36-37,40-46,49-52H,3-11,13,17-20,23,26-35H2,1-2H3,(H,56,57)(H2,53,54,55)/b15-12-,16-14-,24-21-,25-22-/t36-,37-,40?,41?,42?,43?,44-,45+/m1/s1. The number of allylic oxidation sites excluding steroid dienone is 8. The molecule has 0 heterocycles. The van der Waals surface area contributed by atoms with Crippen LogP contribution in [0.15, 0.2) is 48.6 Å². The number of rotatable bonds is 38. The molecular weight excluding hydrogens is 874 g/mol. The third-order valence-electron chi connectivity index (χ3n) is 10.6. The number of aliphatic hydroxyl groups excluding tert-OH is 5. The first-order valence-corrected chi connectivity index (χ1v) is 26.3. The summed E-state index contributed by atoms with van der Waals surface area (Å²) in [6.45, 7) is 2.77. The Morgan fingerprint density at radius 2 is 1.03 bits per heavy atom. The van der Waals surface area contributed by atoms with Crippen LogP contribution in [0.5, 0.6) is 0 Å². The van der Waals surface area contributed by atoms with E-state index in [-0.39, 0.29) is 18.9 Å². The molecule has 1 aliphatic carbocycles. The molecule has 0 bridgehead atoms. The highest BCUT2D eigenvalue weighted by Gasteiger charge is 2.54. The van der Waals surface area contributed by atoms with Gasteiger partial charge in [0.05, 0.1) is 12.7 Å². The Morgan fingerprint density at radius 1 is 0.562 bits per heavy atom. The third-order valence-corrected chi connectivity index (χ3v) is 12.1. The lowest BCUT2D eigenvalue weighted by molar-refractivity contribution is -0.216. The van der Waals surface area contributed by atoms with Crippen LogP contribution in [0, 0.1) is 0 Å². The molecule has 0 aliphatic heterocycles. The number of carbonyl (C=O) groups excluding carboxylic acids is 2. The fourth-order valence-electron chi connectivity index (χ4n) is 6.76. The van der Waals surface area contributed by atoms with Crippen molar-refractivity contribution in [3.63, 3.8) is 0 Å². The number of phosphoric ester groups is 2. The molecule has 9 atom stereocenters. The highest BCUT2D eigenvalue weighted by Crippen LogP contribution is 2.49. The Bertz CT molecular complexity index is 1450. The number of carbonyl (C=O) groups is 2. The van der Waals surface area contributed by atoms with Gasteiger partial charge in [0.1, 0.15) is 43.2 Å². The van der Waals surface area contributed by atoms with Crippen molar-refractivity contribution < 1.29 is 82.0 Å². The monoisotopic (exact) mass is 954 g/mol. The van der Waals surface area contributed by atoms with E-state index < -0.39 is 83.5 Å². The minimum Gasteiger partial charge on any atom is -0.462 e. The van der Waals surface area contributed by atoms with Crippen LogP contribution in [0.4, 0.5) is 0 Å². The first-order chi connectivity index (χ1) is 30.5. The molecule has 1 rings (SSSR count). The quantitative estimate of drug-likeness (QED) is 0.0129. The summed E-state index contributed by atoms with van der Waals surface area (Å²) < 4.78 is 49.2. The maximum Gasteiger partial charge on any atom is 0.472 e. The second-order valence-electron chi connectivity index (χ2n) is 16.3. The van der Waals surface area contributed by atoms with Crippen LogP contribution in [0.1, 0.15) is 162 Å². The van der Waals surface area contributed by atoms with Gasteiger partial charge in [-0.15, -0.1) is 0 Å². The maximum atomic E-state index is 13.0. The fraction of sp³-hybridized carbons (Fsp3) is 0.778. The topological polar surface area (TPSA) is 276 Å². The molecule has 1 saturated carbocycles. The van der Waals surface area contributed by atoms with Gasteiger partial charge >= 0.3 is 27.6 Å². The van der Waals surface area contributed by atoms with Gasteiger partial charge < -0.3 is 49.7 Å². The average Bonchev–Trinajstić information content (AvgIpc) is 3.25. The van der Waals surface area contributed by atoms with Crippen molar-refractivity contribution in [2.24, 2.45) is 0 Å². The Balaban J connectivity index is 2.65. The lowest BCUT2D eigenvalue weighted by Crippen LogP contribution is -2.64. The first-order valence-electron chi connectivity index (χ1n) is 23.3. The largest absolute Gasteiger partial charge is 0.472 e. The van der Waals surface area contributed by atoms with Gasteiger partial charge in [0.15, 0.2) is 6.10 Å². The highest BCUT2D eigenvalue weighted by atomic mass is 31.2. The number of phosphoric acid groups is 2. The van der Waals surface area contributed by atoms with Gasteiger partial charge in [-0.25, -0.2) is 9.13 Å². The summed E-state index contributed by atoms with van der Waals surface area (Å²) in [5.74, 6) is -1.29. The van der Waals surface area contributed by atoms with E-state index in [0.29, 0.717) is 25.7 Å². The van der Waals surface area contributed by atoms with Crippen molar-refractivity contribution >= 4 is 27.6 Å². The number of hydrogen-bond donors (Lipinski definition) is 8. The minimum absolute atomic E-state index is 0.0447. The summed E-state index contributed by atoms with van der Waals surface area (Å²) in [5, 5.41) is 50.8. The van der Waals surface area contributed by atoms with Crippen LogP contribution in [0.2, 0.25) is 0 Å². The minimum atomic E-state index is -5.37. The summed E-state index contributed by atoms with van der Waals surface area (Å²) in [7, 11) is -10.7. The Kier molecular flexibility index (Phi) is 33.7. The average molecular weight is 955 g/mol. The van der Waals surface area contributed by atoms with E-state index in [1.165, 1.54) is 51.4 Å². The zero-order valence-corrected chi connectivity index (χ0v) is 39.9. The number of hydrogen-bond acceptors (Lipinski definition) is 14. The van der Waals surface area contributed by atoms with Crippen LogP contribution in [-0.4, -0.2) is 114 Å². The number of ether oxygens (including phenoxy) is 2. The summed E-state index contributed by atoms with van der Waals surface area (Å²) in [6, 6.07) is 0. The van der Waals surface area contributed by atoms with Gasteiger partial charge in [-0.1, -0.05) is 140 Å². The first kappa shape index (κ1) is 59.9. The fourth-order valence-corrected chi connectivity index (χ4v) is 8.30. The zero-order valence-electron chi connectivity index (χ0n) is 38.1. The van der Waals surface area contributed by atoms with Crippen LogP contribution < -0.4 is 0 Å². The van der Waals surface area contributed by atoms with Gasteiger partial charge in [0.25, 0.3) is 0 Å². The number of aliphatic hydroxyl groups is 5. The lowest BCUT2D eigenvalue weighted by Gasteiger charge is -2.43. The van der Waals surface area contributed by atoms with E-state index in [9.17, 15) is 49.1 Å². The van der Waals surface area contributed by atoms with Crippen molar-refractivity contribution in [3.05, 3.63) is 48.6 Å². The predicted molar refractivity (Wildman–Crippen MR) is 243 cm³/mol. The van der Waals surface area contributed by atoms with Gasteiger partial charge in [0, 0.05) is 12.8 Å². The smallest absolute Gasteiger partial charge is 0.462 e. The lowest BCUT2D eigenvalue weighted by atomic mass is 9.85. The normalized spacial score (nSPS) is 22.7. The Morgan fingerprint density at radius 3 is 1.55 bits per heavy atom. The molecule has 0 aromatic heterocycles.